The van der Waals surface area contributed by atoms with Gasteiger partial charge in [0, 0.05) is 18.4 Å². The van der Waals surface area contributed by atoms with Crippen molar-refractivity contribution in [1.29, 1.82) is 0 Å². The van der Waals surface area contributed by atoms with Gasteiger partial charge in [-0.3, -0.25) is 4.68 Å². The number of aromatic nitrogens is 4. The Morgan fingerprint density at radius 1 is 1.24 bits per heavy atom. The van der Waals surface area contributed by atoms with Gasteiger partial charge in [0.15, 0.2) is 6.61 Å². The quantitative estimate of drug-likeness (QED) is 0.636. The zero-order valence-corrected chi connectivity index (χ0v) is 14.3. The second-order valence-corrected chi connectivity index (χ2v) is 5.58. The number of hydrogen-bond acceptors (Lipinski definition) is 7. The van der Waals surface area contributed by atoms with Crippen LogP contribution in [0.3, 0.4) is 0 Å². The minimum absolute atomic E-state index is 0.228. The molecule has 25 heavy (non-hydrogen) atoms. The van der Waals surface area contributed by atoms with Gasteiger partial charge in [0.25, 0.3) is 0 Å². The van der Waals surface area contributed by atoms with E-state index in [1.54, 1.807) is 13.3 Å². The molecule has 3 rings (SSSR count). The Kier molecular flexibility index (Phi) is 5.63. The van der Waals surface area contributed by atoms with E-state index >= 15 is 0 Å². The van der Waals surface area contributed by atoms with Crippen LogP contribution in [0.25, 0.3) is 0 Å². The van der Waals surface area contributed by atoms with Gasteiger partial charge >= 0.3 is 0 Å². The number of hydrogen-bond donors (Lipinski definition) is 1. The van der Waals surface area contributed by atoms with E-state index < -0.39 is 0 Å². The molecule has 1 N–H and O–H groups in total. The van der Waals surface area contributed by atoms with Crippen molar-refractivity contribution >= 4 is 0 Å². The van der Waals surface area contributed by atoms with Gasteiger partial charge in [0.2, 0.25) is 11.7 Å². The Morgan fingerprint density at radius 3 is 2.76 bits per heavy atom. The van der Waals surface area contributed by atoms with Gasteiger partial charge in [-0.2, -0.15) is 10.1 Å². The molecule has 1 unspecified atom stereocenters. The van der Waals surface area contributed by atoms with Crippen LogP contribution >= 0.6 is 0 Å². The summed E-state index contributed by atoms with van der Waals surface area (Å²) in [5.74, 6) is 2.54. The summed E-state index contributed by atoms with van der Waals surface area (Å²) in [4.78, 5) is 4.32. The van der Waals surface area contributed by atoms with Crippen molar-refractivity contribution in [2.45, 2.75) is 32.7 Å². The lowest BCUT2D eigenvalue weighted by Gasteiger charge is -2.11. The number of methoxy groups -OCH3 is 1. The number of nitrogens with one attached hydrogen (secondary N) is 1. The summed E-state index contributed by atoms with van der Waals surface area (Å²) in [6.45, 7) is 3.59. The number of rotatable bonds is 9. The van der Waals surface area contributed by atoms with E-state index in [-0.39, 0.29) is 12.6 Å². The van der Waals surface area contributed by atoms with E-state index in [0.717, 1.165) is 18.0 Å². The lowest BCUT2D eigenvalue weighted by molar-refractivity contribution is 0.283. The highest BCUT2D eigenvalue weighted by molar-refractivity contribution is 5.31. The van der Waals surface area contributed by atoms with E-state index in [1.807, 2.05) is 41.2 Å². The molecule has 0 saturated carbocycles. The molecule has 2 heterocycles. The van der Waals surface area contributed by atoms with E-state index in [0.29, 0.717) is 18.3 Å². The fraction of sp³-hybridized carbons (Fsp3) is 0.353. The molecular weight excluding hydrogens is 322 g/mol. The Balaban J connectivity index is 1.43. The molecule has 1 atom stereocenters. The smallest absolute Gasteiger partial charge is 0.240 e. The highest BCUT2D eigenvalue weighted by atomic mass is 16.5. The van der Waals surface area contributed by atoms with Crippen LogP contribution in [-0.4, -0.2) is 33.1 Å². The molecule has 0 saturated heterocycles. The maximum absolute atomic E-state index is 5.63. The predicted octanol–water partition coefficient (Wildman–Crippen LogP) is 2.03. The molecular formula is C17H21N5O3. The maximum atomic E-state index is 5.63. The highest BCUT2D eigenvalue weighted by Gasteiger charge is 2.09. The van der Waals surface area contributed by atoms with Crippen LogP contribution in [0.15, 0.2) is 47.2 Å². The van der Waals surface area contributed by atoms with Crippen LogP contribution in [0.2, 0.25) is 0 Å². The second kappa shape index (κ2) is 8.29. The molecule has 0 bridgehead atoms. The summed E-state index contributed by atoms with van der Waals surface area (Å²) in [5, 5.41) is 11.4. The molecule has 0 aliphatic rings. The normalized spacial score (nSPS) is 12.1. The van der Waals surface area contributed by atoms with Gasteiger partial charge in [-0.1, -0.05) is 5.16 Å². The van der Waals surface area contributed by atoms with Crippen molar-refractivity contribution in [3.05, 3.63) is 54.4 Å². The molecule has 0 amide bonds. The molecule has 0 aliphatic carbocycles. The van der Waals surface area contributed by atoms with Gasteiger partial charge in [0.05, 0.1) is 20.2 Å². The van der Waals surface area contributed by atoms with Crippen LogP contribution in [0.4, 0.5) is 0 Å². The lowest BCUT2D eigenvalue weighted by atomic mass is 10.3. The molecule has 0 spiro atoms. The van der Waals surface area contributed by atoms with Crippen LogP contribution in [0.1, 0.15) is 18.6 Å². The Hall–Kier alpha value is -2.87. The Bertz CT molecular complexity index is 755. The van der Waals surface area contributed by atoms with Crippen molar-refractivity contribution in [2.75, 3.05) is 7.11 Å². The fourth-order valence-corrected chi connectivity index (χ4v) is 2.26. The van der Waals surface area contributed by atoms with Gasteiger partial charge in [-0.25, -0.2) is 0 Å². The van der Waals surface area contributed by atoms with E-state index in [2.05, 4.69) is 27.5 Å². The van der Waals surface area contributed by atoms with Gasteiger partial charge in [0.1, 0.15) is 11.5 Å². The second-order valence-electron chi connectivity index (χ2n) is 5.58. The van der Waals surface area contributed by atoms with Crippen molar-refractivity contribution in [3.63, 3.8) is 0 Å². The maximum Gasteiger partial charge on any atom is 0.240 e. The number of benzene rings is 1. The fourth-order valence-electron chi connectivity index (χ4n) is 2.26. The van der Waals surface area contributed by atoms with Crippen molar-refractivity contribution in [1.82, 2.24) is 25.2 Å². The average Bonchev–Trinajstić information content (AvgIpc) is 3.30. The molecule has 2 aromatic heterocycles. The van der Waals surface area contributed by atoms with Crippen molar-refractivity contribution < 1.29 is 14.0 Å². The van der Waals surface area contributed by atoms with Gasteiger partial charge < -0.3 is 19.3 Å². The third kappa shape index (κ3) is 5.05. The summed E-state index contributed by atoms with van der Waals surface area (Å²) in [6, 6.07) is 9.46. The van der Waals surface area contributed by atoms with E-state index in [4.69, 9.17) is 14.0 Å². The monoisotopic (exact) mass is 343 g/mol. The predicted molar refractivity (Wildman–Crippen MR) is 90.2 cm³/mol. The average molecular weight is 343 g/mol. The first-order valence-corrected chi connectivity index (χ1v) is 8.02. The highest BCUT2D eigenvalue weighted by Crippen LogP contribution is 2.17. The molecule has 0 radical (unpaired) electrons. The van der Waals surface area contributed by atoms with Crippen LogP contribution in [0, 0.1) is 0 Å². The van der Waals surface area contributed by atoms with Crippen molar-refractivity contribution in [3.8, 4) is 11.5 Å². The third-order valence-corrected chi connectivity index (χ3v) is 3.56. The Morgan fingerprint density at radius 2 is 2.04 bits per heavy atom. The summed E-state index contributed by atoms with van der Waals surface area (Å²) in [7, 11) is 1.63. The summed E-state index contributed by atoms with van der Waals surface area (Å²) < 4.78 is 17.8. The molecule has 8 heteroatoms. The number of nitrogens with zero attached hydrogens (tertiary/aromatic N) is 4. The largest absolute Gasteiger partial charge is 0.497 e. The van der Waals surface area contributed by atoms with Crippen LogP contribution in [0.5, 0.6) is 11.5 Å². The molecule has 0 aliphatic heterocycles. The summed E-state index contributed by atoms with van der Waals surface area (Å²) in [6.07, 6.45) is 3.69. The molecule has 8 nitrogen and oxygen atoms in total. The molecule has 1 aromatic carbocycles. The van der Waals surface area contributed by atoms with Crippen molar-refractivity contribution in [2.24, 2.45) is 0 Å². The zero-order chi connectivity index (χ0) is 17.5. The molecule has 132 valence electrons. The van der Waals surface area contributed by atoms with Crippen LogP contribution < -0.4 is 14.8 Å². The minimum atomic E-state index is 0.228. The first-order chi connectivity index (χ1) is 12.2. The van der Waals surface area contributed by atoms with E-state index in [9.17, 15) is 0 Å². The zero-order valence-electron chi connectivity index (χ0n) is 14.3. The molecule has 3 aromatic rings. The van der Waals surface area contributed by atoms with Crippen LogP contribution in [-0.2, 0) is 19.7 Å². The molecule has 0 fully saturated rings. The first kappa shape index (κ1) is 17.0. The van der Waals surface area contributed by atoms with E-state index in [1.165, 1.54) is 0 Å². The SMILES string of the molecule is COc1ccc(OCc2noc(CNC(C)Cn3cccn3)n2)cc1. The lowest BCUT2D eigenvalue weighted by Crippen LogP contribution is -2.30. The topological polar surface area (TPSA) is 87.2 Å². The number of ether oxygens (including phenoxy) is 2. The minimum Gasteiger partial charge on any atom is -0.497 e. The summed E-state index contributed by atoms with van der Waals surface area (Å²) >= 11 is 0. The third-order valence-electron chi connectivity index (χ3n) is 3.56. The first-order valence-electron chi connectivity index (χ1n) is 8.02. The Labute approximate surface area is 145 Å². The van der Waals surface area contributed by atoms with Gasteiger partial charge in [-0.15, -0.1) is 0 Å². The standard InChI is InChI=1S/C17H21N5O3/c1-13(11-22-9-3-8-19-22)18-10-17-20-16(21-25-17)12-24-15-6-4-14(23-2)5-7-15/h3-9,13,18H,10-12H2,1-2H3. The van der Waals surface area contributed by atoms with Gasteiger partial charge in [-0.05, 0) is 37.3 Å². The summed E-state index contributed by atoms with van der Waals surface area (Å²) in [5.41, 5.74) is 0.